The molecule has 0 spiro atoms. The van der Waals surface area contributed by atoms with Crippen molar-refractivity contribution in [2.24, 2.45) is 11.7 Å². The van der Waals surface area contributed by atoms with Gasteiger partial charge in [-0.3, -0.25) is 4.79 Å². The van der Waals surface area contributed by atoms with Gasteiger partial charge in [0.05, 0.1) is 0 Å². The van der Waals surface area contributed by atoms with Gasteiger partial charge in [0.2, 0.25) is 5.91 Å². The van der Waals surface area contributed by atoms with Crippen LogP contribution in [0, 0.1) is 5.92 Å². The second kappa shape index (κ2) is 6.50. The lowest BCUT2D eigenvalue weighted by molar-refractivity contribution is -0.124. The summed E-state index contributed by atoms with van der Waals surface area (Å²) in [5, 5.41) is 3.04. The van der Waals surface area contributed by atoms with Gasteiger partial charge in [0.1, 0.15) is 5.54 Å². The Hall–Kier alpha value is -0.650. The number of likely N-dealkylation sites (N-methyl/N-ethyl adjacent to an activating group) is 1. The Balaban J connectivity index is 2.41. The highest BCUT2D eigenvalue weighted by Gasteiger charge is 2.32. The number of hydrogen-bond acceptors (Lipinski definition) is 4. The Morgan fingerprint density at radius 3 is 2.39 bits per heavy atom. The third-order valence-corrected chi connectivity index (χ3v) is 3.97. The minimum absolute atomic E-state index is 0.277. The van der Waals surface area contributed by atoms with Gasteiger partial charge in [-0.2, -0.15) is 0 Å². The molecule has 0 aromatic rings. The zero-order chi connectivity index (χ0) is 13.8. The van der Waals surface area contributed by atoms with Crippen molar-refractivity contribution in [3.63, 3.8) is 0 Å². The molecule has 18 heavy (non-hydrogen) atoms. The number of rotatable bonds is 6. The van der Waals surface area contributed by atoms with E-state index < -0.39 is 5.54 Å². The molecule has 0 radical (unpaired) electrons. The quantitative estimate of drug-likeness (QED) is 0.686. The molecule has 106 valence electrons. The van der Waals surface area contributed by atoms with Crippen LogP contribution < -0.4 is 11.1 Å². The summed E-state index contributed by atoms with van der Waals surface area (Å²) >= 11 is 0. The van der Waals surface area contributed by atoms with Crippen molar-refractivity contribution in [2.75, 3.05) is 47.3 Å². The Bertz CT molecular complexity index is 274. The fraction of sp³-hybridized carbons (Fsp3) is 0.923. The Morgan fingerprint density at radius 1 is 1.44 bits per heavy atom. The topological polar surface area (TPSA) is 61.6 Å². The van der Waals surface area contributed by atoms with Crippen LogP contribution in [0.5, 0.6) is 0 Å². The maximum absolute atomic E-state index is 11.5. The number of carbonyl (C=O) groups is 1. The number of carbonyl (C=O) groups excluding carboxylic acids is 1. The standard InChI is InChI=1S/C13H28N4O/c1-13(15-2,12(14)18)10-17-7-5-11(6-8-17)9-16(3)4/h11,15H,5-10H2,1-4H3,(H2,14,18). The number of amides is 1. The number of likely N-dealkylation sites (tertiary alicyclic amines) is 1. The van der Waals surface area contributed by atoms with E-state index in [1.807, 2.05) is 6.92 Å². The first kappa shape index (κ1) is 15.4. The Morgan fingerprint density at radius 2 is 2.00 bits per heavy atom. The van der Waals surface area contributed by atoms with Gasteiger partial charge in [-0.1, -0.05) is 0 Å². The fourth-order valence-electron chi connectivity index (χ4n) is 2.57. The normalized spacial score (nSPS) is 22.1. The molecule has 1 aliphatic heterocycles. The predicted octanol–water partition coefficient (Wildman–Crippen LogP) is -0.277. The zero-order valence-electron chi connectivity index (χ0n) is 12.2. The van der Waals surface area contributed by atoms with Crippen molar-refractivity contribution in [3.8, 4) is 0 Å². The molecule has 1 fully saturated rings. The van der Waals surface area contributed by atoms with Crippen LogP contribution in [0.2, 0.25) is 0 Å². The van der Waals surface area contributed by atoms with Gasteiger partial charge in [0.25, 0.3) is 0 Å². The molecular weight excluding hydrogens is 228 g/mol. The third-order valence-electron chi connectivity index (χ3n) is 3.97. The average molecular weight is 256 g/mol. The molecule has 1 rings (SSSR count). The fourth-order valence-corrected chi connectivity index (χ4v) is 2.57. The Labute approximate surface area is 111 Å². The molecule has 0 aromatic carbocycles. The number of primary amides is 1. The average Bonchev–Trinajstić information content (AvgIpc) is 2.30. The van der Waals surface area contributed by atoms with Crippen LogP contribution in [0.4, 0.5) is 0 Å². The van der Waals surface area contributed by atoms with Gasteiger partial charge >= 0.3 is 0 Å². The highest BCUT2D eigenvalue weighted by atomic mass is 16.1. The number of piperidine rings is 1. The summed E-state index contributed by atoms with van der Waals surface area (Å²) in [4.78, 5) is 16.1. The smallest absolute Gasteiger partial charge is 0.238 e. The summed E-state index contributed by atoms with van der Waals surface area (Å²) < 4.78 is 0. The van der Waals surface area contributed by atoms with E-state index in [0.29, 0.717) is 6.54 Å². The summed E-state index contributed by atoms with van der Waals surface area (Å²) in [7, 11) is 6.04. The minimum atomic E-state index is -0.617. The zero-order valence-corrected chi connectivity index (χ0v) is 12.2. The monoisotopic (exact) mass is 256 g/mol. The summed E-state index contributed by atoms with van der Waals surface area (Å²) in [6.45, 7) is 5.85. The van der Waals surface area contributed by atoms with E-state index in [-0.39, 0.29) is 5.91 Å². The summed E-state index contributed by atoms with van der Waals surface area (Å²) in [5.41, 5.74) is 4.84. The largest absolute Gasteiger partial charge is 0.368 e. The van der Waals surface area contributed by atoms with E-state index >= 15 is 0 Å². The molecule has 1 amide bonds. The van der Waals surface area contributed by atoms with Crippen molar-refractivity contribution in [3.05, 3.63) is 0 Å². The maximum Gasteiger partial charge on any atom is 0.238 e. The first-order valence-corrected chi connectivity index (χ1v) is 6.73. The molecule has 1 saturated heterocycles. The second-order valence-electron chi connectivity index (χ2n) is 5.93. The molecule has 5 heteroatoms. The molecule has 3 N–H and O–H groups in total. The van der Waals surface area contributed by atoms with Gasteiger partial charge in [0, 0.05) is 13.1 Å². The van der Waals surface area contributed by atoms with Crippen molar-refractivity contribution in [1.29, 1.82) is 0 Å². The second-order valence-corrected chi connectivity index (χ2v) is 5.93. The summed E-state index contributed by atoms with van der Waals surface area (Å²) in [6, 6.07) is 0. The van der Waals surface area contributed by atoms with Gasteiger partial charge < -0.3 is 20.9 Å². The number of nitrogens with zero attached hydrogens (tertiary/aromatic N) is 2. The molecule has 0 aliphatic carbocycles. The van der Waals surface area contributed by atoms with E-state index in [1.165, 1.54) is 12.8 Å². The number of nitrogens with one attached hydrogen (secondary N) is 1. The molecule has 5 nitrogen and oxygen atoms in total. The lowest BCUT2D eigenvalue weighted by Gasteiger charge is -2.38. The van der Waals surface area contributed by atoms with Crippen molar-refractivity contribution in [2.45, 2.75) is 25.3 Å². The van der Waals surface area contributed by atoms with Gasteiger partial charge in [-0.15, -0.1) is 0 Å². The van der Waals surface area contributed by atoms with Gasteiger partial charge in [-0.05, 0) is 59.9 Å². The third kappa shape index (κ3) is 4.23. The maximum atomic E-state index is 11.5. The molecule has 0 aromatic heterocycles. The first-order valence-electron chi connectivity index (χ1n) is 6.73. The van der Waals surface area contributed by atoms with Crippen LogP contribution in [-0.2, 0) is 4.79 Å². The van der Waals surface area contributed by atoms with E-state index in [4.69, 9.17) is 5.73 Å². The van der Waals surface area contributed by atoms with Crippen LogP contribution in [0.15, 0.2) is 0 Å². The highest BCUT2D eigenvalue weighted by Crippen LogP contribution is 2.19. The summed E-state index contributed by atoms with van der Waals surface area (Å²) in [6.07, 6.45) is 2.41. The van der Waals surface area contributed by atoms with Crippen LogP contribution in [0.3, 0.4) is 0 Å². The van der Waals surface area contributed by atoms with Gasteiger partial charge in [0.15, 0.2) is 0 Å². The van der Waals surface area contributed by atoms with E-state index in [2.05, 4.69) is 29.2 Å². The molecule has 1 aliphatic rings. The molecule has 1 heterocycles. The Kier molecular flexibility index (Phi) is 5.56. The highest BCUT2D eigenvalue weighted by molar-refractivity contribution is 5.84. The van der Waals surface area contributed by atoms with Crippen molar-refractivity contribution in [1.82, 2.24) is 15.1 Å². The molecule has 1 unspecified atom stereocenters. The SMILES string of the molecule is CNC(C)(CN1CCC(CN(C)C)CC1)C(N)=O. The van der Waals surface area contributed by atoms with Crippen LogP contribution in [0.1, 0.15) is 19.8 Å². The first-order chi connectivity index (χ1) is 8.37. The number of nitrogens with two attached hydrogens (primary N) is 1. The lowest BCUT2D eigenvalue weighted by atomic mass is 9.94. The van der Waals surface area contributed by atoms with E-state index in [9.17, 15) is 4.79 Å². The van der Waals surface area contributed by atoms with Crippen LogP contribution >= 0.6 is 0 Å². The molecular formula is C13H28N4O. The lowest BCUT2D eigenvalue weighted by Crippen LogP contribution is -2.59. The van der Waals surface area contributed by atoms with E-state index in [0.717, 1.165) is 25.6 Å². The minimum Gasteiger partial charge on any atom is -0.368 e. The predicted molar refractivity (Wildman–Crippen MR) is 74.4 cm³/mol. The van der Waals surface area contributed by atoms with E-state index in [1.54, 1.807) is 7.05 Å². The molecule has 1 atom stereocenters. The van der Waals surface area contributed by atoms with Crippen molar-refractivity contribution >= 4 is 5.91 Å². The van der Waals surface area contributed by atoms with Gasteiger partial charge in [-0.25, -0.2) is 0 Å². The van der Waals surface area contributed by atoms with Crippen LogP contribution in [-0.4, -0.2) is 68.6 Å². The molecule has 0 saturated carbocycles. The summed E-state index contributed by atoms with van der Waals surface area (Å²) in [5.74, 6) is 0.506. The number of hydrogen-bond donors (Lipinski definition) is 2. The van der Waals surface area contributed by atoms with Crippen molar-refractivity contribution < 1.29 is 4.79 Å². The van der Waals surface area contributed by atoms with Crippen LogP contribution in [0.25, 0.3) is 0 Å². The molecule has 0 bridgehead atoms.